The van der Waals surface area contributed by atoms with E-state index in [0.29, 0.717) is 17.9 Å². The van der Waals surface area contributed by atoms with E-state index in [1.807, 2.05) is 19.1 Å². The van der Waals surface area contributed by atoms with Crippen LogP contribution in [0.25, 0.3) is 10.9 Å². The van der Waals surface area contributed by atoms with Crippen molar-refractivity contribution in [2.45, 2.75) is 44.6 Å². The normalized spacial score (nSPS) is 12.3. The fourth-order valence-corrected chi connectivity index (χ4v) is 4.28. The first-order chi connectivity index (χ1) is 13.0. The molecule has 3 rings (SSSR count). The van der Waals surface area contributed by atoms with E-state index in [0.717, 1.165) is 16.5 Å². The van der Waals surface area contributed by atoms with Crippen LogP contribution in [0, 0.1) is 0 Å². The van der Waals surface area contributed by atoms with Gasteiger partial charge in [-0.25, -0.2) is 8.42 Å². The van der Waals surface area contributed by atoms with Crippen LogP contribution >= 0.6 is 0 Å². The molecule has 2 aromatic carbocycles. The summed E-state index contributed by atoms with van der Waals surface area (Å²) in [6.07, 6.45) is 0. The van der Waals surface area contributed by atoms with Gasteiger partial charge in [0.1, 0.15) is 5.69 Å². The zero-order valence-corrected chi connectivity index (χ0v) is 17.3. The van der Waals surface area contributed by atoms with Gasteiger partial charge in [-0.1, -0.05) is 32.9 Å². The lowest BCUT2D eigenvalue weighted by molar-refractivity contribution is 0.0992. The van der Waals surface area contributed by atoms with E-state index >= 15 is 0 Å². The number of carbonyl (C=O) groups is 1. The van der Waals surface area contributed by atoms with Gasteiger partial charge in [0.15, 0.2) is 0 Å². The maximum absolute atomic E-state index is 12.7. The molecule has 1 amide bonds. The number of amides is 1. The van der Waals surface area contributed by atoms with Gasteiger partial charge in [-0.2, -0.15) is 0 Å². The van der Waals surface area contributed by atoms with Gasteiger partial charge < -0.3 is 10.3 Å². The summed E-state index contributed by atoms with van der Waals surface area (Å²) in [6.45, 7) is 8.74. The lowest BCUT2D eigenvalue weighted by atomic mass is 9.87. The van der Waals surface area contributed by atoms with Crippen LogP contribution in [-0.4, -0.2) is 18.9 Å². The summed E-state index contributed by atoms with van der Waals surface area (Å²) >= 11 is 0. The number of nitrogens with two attached hydrogens (primary N) is 1. The van der Waals surface area contributed by atoms with Gasteiger partial charge in [0, 0.05) is 23.1 Å². The molecule has 0 bridgehead atoms. The van der Waals surface area contributed by atoms with Crippen LogP contribution in [0.1, 0.15) is 43.7 Å². The molecule has 0 fully saturated rings. The zero-order valence-electron chi connectivity index (χ0n) is 16.5. The third kappa shape index (κ3) is 3.75. The Hall–Kier alpha value is -2.80. The second-order valence-electron chi connectivity index (χ2n) is 7.79. The first-order valence-electron chi connectivity index (χ1n) is 9.09. The first kappa shape index (κ1) is 19.9. The minimum Gasteiger partial charge on any atom is -0.364 e. The quantitative estimate of drug-likeness (QED) is 0.682. The minimum absolute atomic E-state index is 0.0503. The van der Waals surface area contributed by atoms with E-state index in [2.05, 4.69) is 25.5 Å². The van der Waals surface area contributed by atoms with Gasteiger partial charge in [0.2, 0.25) is 0 Å². The molecule has 28 heavy (non-hydrogen) atoms. The second-order valence-corrected chi connectivity index (χ2v) is 9.47. The topological polar surface area (TPSA) is 94.2 Å². The van der Waals surface area contributed by atoms with Gasteiger partial charge in [0.05, 0.1) is 4.90 Å². The molecule has 0 aliphatic carbocycles. The van der Waals surface area contributed by atoms with Crippen LogP contribution < -0.4 is 10.5 Å². The summed E-state index contributed by atoms with van der Waals surface area (Å²) in [4.78, 5) is 11.8. The number of anilines is 1. The van der Waals surface area contributed by atoms with Gasteiger partial charge in [-0.3, -0.25) is 9.52 Å². The van der Waals surface area contributed by atoms with E-state index in [4.69, 9.17) is 5.73 Å². The maximum atomic E-state index is 12.7. The van der Waals surface area contributed by atoms with Gasteiger partial charge in [0.25, 0.3) is 15.9 Å². The Bertz CT molecular complexity index is 1140. The zero-order chi connectivity index (χ0) is 20.7. The Morgan fingerprint density at radius 2 is 1.71 bits per heavy atom. The standard InChI is InChI=1S/C21H25N3O3S/c1-5-24-18-11-8-16(12-14(18)13-19(24)20(22)25)23-28(26,27)17-9-6-15(7-10-17)21(2,3)4/h6-13,23H,5H2,1-4H3,(H2,22,25). The minimum atomic E-state index is -3.72. The predicted octanol–water partition coefficient (Wildman–Crippen LogP) is 3.86. The molecule has 3 N–H and O–H groups in total. The lowest BCUT2D eigenvalue weighted by Crippen LogP contribution is -2.16. The summed E-state index contributed by atoms with van der Waals surface area (Å²) < 4.78 is 29.9. The number of rotatable bonds is 5. The number of aromatic nitrogens is 1. The van der Waals surface area contributed by atoms with Gasteiger partial charge in [-0.05, 0) is 54.3 Å². The average molecular weight is 400 g/mol. The maximum Gasteiger partial charge on any atom is 0.265 e. The second kappa shape index (κ2) is 6.98. The van der Waals surface area contributed by atoms with Crippen LogP contribution in [0.15, 0.2) is 53.4 Å². The molecule has 7 heteroatoms. The smallest absolute Gasteiger partial charge is 0.265 e. The van der Waals surface area contributed by atoms with Crippen molar-refractivity contribution in [3.8, 4) is 0 Å². The molecule has 1 aromatic heterocycles. The molecule has 1 heterocycles. The number of primary amides is 1. The monoisotopic (exact) mass is 399 g/mol. The van der Waals surface area contributed by atoms with Crippen molar-refractivity contribution in [3.63, 3.8) is 0 Å². The number of fused-ring (bicyclic) bond motifs is 1. The summed E-state index contributed by atoms with van der Waals surface area (Å²) in [5.41, 5.74) is 8.11. The third-order valence-corrected chi connectivity index (χ3v) is 6.15. The highest BCUT2D eigenvalue weighted by Crippen LogP contribution is 2.27. The third-order valence-electron chi connectivity index (χ3n) is 4.75. The van der Waals surface area contributed by atoms with Crippen LogP contribution in [0.2, 0.25) is 0 Å². The van der Waals surface area contributed by atoms with Crippen LogP contribution in [0.5, 0.6) is 0 Å². The fraction of sp³-hybridized carbons (Fsp3) is 0.286. The molecular formula is C21H25N3O3S. The molecule has 0 spiro atoms. The van der Waals surface area contributed by atoms with Crippen molar-refractivity contribution in [1.82, 2.24) is 4.57 Å². The Labute approximate surface area is 165 Å². The number of hydrogen-bond donors (Lipinski definition) is 2. The Morgan fingerprint density at radius 1 is 1.07 bits per heavy atom. The highest BCUT2D eigenvalue weighted by atomic mass is 32.2. The number of hydrogen-bond acceptors (Lipinski definition) is 3. The largest absolute Gasteiger partial charge is 0.364 e. The predicted molar refractivity (Wildman–Crippen MR) is 112 cm³/mol. The van der Waals surface area contributed by atoms with E-state index in [1.54, 1.807) is 41.0 Å². The van der Waals surface area contributed by atoms with Crippen molar-refractivity contribution >= 4 is 32.5 Å². The Balaban J connectivity index is 1.94. The molecule has 0 atom stereocenters. The van der Waals surface area contributed by atoms with E-state index < -0.39 is 15.9 Å². The lowest BCUT2D eigenvalue weighted by Gasteiger charge is -2.19. The Morgan fingerprint density at radius 3 is 2.25 bits per heavy atom. The van der Waals surface area contributed by atoms with E-state index in [1.165, 1.54) is 0 Å². The molecule has 0 saturated carbocycles. The van der Waals surface area contributed by atoms with Crippen molar-refractivity contribution in [2.75, 3.05) is 4.72 Å². The number of benzene rings is 2. The molecule has 0 aliphatic heterocycles. The van der Waals surface area contributed by atoms with Crippen LogP contribution in [-0.2, 0) is 22.0 Å². The highest BCUT2D eigenvalue weighted by molar-refractivity contribution is 7.92. The number of sulfonamides is 1. The molecule has 0 saturated heterocycles. The first-order valence-corrected chi connectivity index (χ1v) is 10.6. The number of aryl methyl sites for hydroxylation is 1. The van der Waals surface area contributed by atoms with Crippen molar-refractivity contribution in [1.29, 1.82) is 0 Å². The number of carbonyl (C=O) groups excluding carboxylic acids is 1. The molecule has 0 aliphatic rings. The molecule has 6 nitrogen and oxygen atoms in total. The molecule has 3 aromatic rings. The number of nitrogens with one attached hydrogen (secondary N) is 1. The van der Waals surface area contributed by atoms with Crippen molar-refractivity contribution in [2.24, 2.45) is 5.73 Å². The Kier molecular flexibility index (Phi) is 4.97. The molecule has 0 radical (unpaired) electrons. The van der Waals surface area contributed by atoms with E-state index in [9.17, 15) is 13.2 Å². The van der Waals surface area contributed by atoms with Gasteiger partial charge in [-0.15, -0.1) is 0 Å². The van der Waals surface area contributed by atoms with Crippen molar-refractivity contribution < 1.29 is 13.2 Å². The summed E-state index contributed by atoms with van der Waals surface area (Å²) in [5, 5.41) is 0.749. The van der Waals surface area contributed by atoms with E-state index in [-0.39, 0.29) is 10.3 Å². The van der Waals surface area contributed by atoms with Crippen LogP contribution in [0.4, 0.5) is 5.69 Å². The molecular weight excluding hydrogens is 374 g/mol. The van der Waals surface area contributed by atoms with Gasteiger partial charge >= 0.3 is 0 Å². The van der Waals surface area contributed by atoms with Crippen molar-refractivity contribution in [3.05, 3.63) is 59.8 Å². The average Bonchev–Trinajstić information content (AvgIpc) is 2.99. The summed E-state index contributed by atoms with van der Waals surface area (Å²) in [7, 11) is -3.72. The molecule has 0 unspecified atom stereocenters. The fourth-order valence-electron chi connectivity index (χ4n) is 3.23. The van der Waals surface area contributed by atoms with Crippen LogP contribution in [0.3, 0.4) is 0 Å². The SMILES string of the molecule is CCn1c(C(N)=O)cc2cc(NS(=O)(=O)c3ccc(C(C)(C)C)cc3)ccc21. The molecule has 148 valence electrons. The number of nitrogens with zero attached hydrogens (tertiary/aromatic N) is 1. The summed E-state index contributed by atoms with van der Waals surface area (Å²) in [5.74, 6) is -0.515. The summed E-state index contributed by atoms with van der Waals surface area (Å²) in [6, 6.07) is 13.7. The highest BCUT2D eigenvalue weighted by Gasteiger charge is 2.18.